The van der Waals surface area contributed by atoms with Crippen molar-refractivity contribution in [3.8, 4) is 0 Å². The van der Waals surface area contributed by atoms with Gasteiger partial charge in [0.05, 0.1) is 17.4 Å². The Hall–Kier alpha value is -1.32. The summed E-state index contributed by atoms with van der Waals surface area (Å²) in [5, 5.41) is 14.4. The maximum absolute atomic E-state index is 10.4. The van der Waals surface area contributed by atoms with Crippen LogP contribution < -0.4 is 5.11 Å². The monoisotopic (exact) mass is 153 g/mol. The van der Waals surface area contributed by atoms with Gasteiger partial charge in [-0.15, -0.1) is 0 Å². The quantitative estimate of drug-likeness (QED) is 0.579. The van der Waals surface area contributed by atoms with Crippen LogP contribution in [0.3, 0.4) is 0 Å². The minimum absolute atomic E-state index is 0.144. The zero-order valence-electron chi connectivity index (χ0n) is 6.50. The average Bonchev–Trinajstić information content (AvgIpc) is 2.30. The average molecular weight is 153 g/mol. The summed E-state index contributed by atoms with van der Waals surface area (Å²) in [6.07, 6.45) is 0. The molecule has 0 aliphatic carbocycles. The molecule has 0 N–H and O–H groups in total. The van der Waals surface area contributed by atoms with Gasteiger partial charge in [0.25, 0.3) is 0 Å². The van der Waals surface area contributed by atoms with Gasteiger partial charge in [-0.3, -0.25) is 4.68 Å². The van der Waals surface area contributed by atoms with Crippen LogP contribution in [-0.2, 0) is 6.54 Å². The van der Waals surface area contributed by atoms with E-state index in [1.165, 1.54) is 10.7 Å². The number of rotatable bonds is 2. The van der Waals surface area contributed by atoms with Crippen molar-refractivity contribution in [1.82, 2.24) is 9.78 Å². The van der Waals surface area contributed by atoms with E-state index in [1.807, 2.05) is 6.92 Å². The summed E-state index contributed by atoms with van der Waals surface area (Å²) < 4.78 is 1.41. The second-order valence-corrected chi connectivity index (χ2v) is 2.27. The van der Waals surface area contributed by atoms with Crippen molar-refractivity contribution >= 4 is 5.97 Å². The molecular formula is C7H9N2O2-. The van der Waals surface area contributed by atoms with Crippen molar-refractivity contribution in [2.24, 2.45) is 0 Å². The molecule has 60 valence electrons. The summed E-state index contributed by atoms with van der Waals surface area (Å²) in [6.45, 7) is 4.13. The maximum Gasteiger partial charge on any atom is 0.0896 e. The first-order valence-corrected chi connectivity index (χ1v) is 3.41. The van der Waals surface area contributed by atoms with E-state index in [2.05, 4.69) is 5.10 Å². The Balaban J connectivity index is 3.12. The lowest BCUT2D eigenvalue weighted by molar-refractivity contribution is -0.255. The normalized spacial score (nSPS) is 10.0. The number of hydrogen-bond donors (Lipinski definition) is 0. The minimum Gasteiger partial charge on any atom is -0.543 e. The Morgan fingerprint density at radius 2 is 2.45 bits per heavy atom. The van der Waals surface area contributed by atoms with E-state index in [1.54, 1.807) is 6.92 Å². The van der Waals surface area contributed by atoms with Crippen LogP contribution in [0.1, 0.15) is 23.1 Å². The molecule has 0 atom stereocenters. The lowest BCUT2D eigenvalue weighted by Crippen LogP contribution is -2.25. The Kier molecular flexibility index (Phi) is 1.94. The number of aromatic nitrogens is 2. The molecule has 0 aromatic carbocycles. The maximum atomic E-state index is 10.4. The van der Waals surface area contributed by atoms with Gasteiger partial charge in [0.15, 0.2) is 0 Å². The lowest BCUT2D eigenvalue weighted by atomic mass is 10.4. The number of nitrogens with zero attached hydrogens (tertiary/aromatic N) is 2. The van der Waals surface area contributed by atoms with Crippen molar-refractivity contribution in [3.05, 3.63) is 17.5 Å². The number of carboxylic acid groups (broad SMARTS) is 1. The number of carbonyl (C=O) groups excluding carboxylic acids is 1. The van der Waals surface area contributed by atoms with Crippen molar-refractivity contribution in [2.45, 2.75) is 20.4 Å². The highest BCUT2D eigenvalue weighted by molar-refractivity contribution is 5.83. The zero-order valence-corrected chi connectivity index (χ0v) is 6.50. The first kappa shape index (κ1) is 7.78. The highest BCUT2D eigenvalue weighted by Crippen LogP contribution is 2.01. The summed E-state index contributed by atoms with van der Waals surface area (Å²) in [4.78, 5) is 10.4. The molecule has 0 aliphatic heterocycles. The van der Waals surface area contributed by atoms with Crippen molar-refractivity contribution in [1.29, 1.82) is 0 Å². The molecular weight excluding hydrogens is 144 g/mol. The largest absolute Gasteiger partial charge is 0.543 e. The number of hydrogen-bond acceptors (Lipinski definition) is 3. The van der Waals surface area contributed by atoms with Gasteiger partial charge in [0.1, 0.15) is 0 Å². The van der Waals surface area contributed by atoms with E-state index in [0.29, 0.717) is 12.2 Å². The van der Waals surface area contributed by atoms with Crippen molar-refractivity contribution in [3.63, 3.8) is 0 Å². The summed E-state index contributed by atoms with van der Waals surface area (Å²) in [5.74, 6) is -1.17. The Morgan fingerprint density at radius 3 is 2.82 bits per heavy atom. The number of aromatic carboxylic acids is 1. The van der Waals surface area contributed by atoms with Gasteiger partial charge in [-0.1, -0.05) is 0 Å². The predicted molar refractivity (Wildman–Crippen MR) is 37.0 cm³/mol. The molecule has 1 rings (SSSR count). The van der Waals surface area contributed by atoms with Crippen LogP contribution >= 0.6 is 0 Å². The molecule has 0 fully saturated rings. The fraction of sp³-hybridized carbons (Fsp3) is 0.429. The van der Waals surface area contributed by atoms with Gasteiger partial charge in [0, 0.05) is 6.54 Å². The van der Waals surface area contributed by atoms with Gasteiger partial charge >= 0.3 is 0 Å². The molecule has 0 amide bonds. The molecule has 1 aromatic rings. The molecule has 1 heterocycles. The molecule has 4 nitrogen and oxygen atoms in total. The molecule has 0 unspecified atom stereocenters. The topological polar surface area (TPSA) is 58.0 Å². The molecule has 0 spiro atoms. The summed E-state index contributed by atoms with van der Waals surface area (Å²) in [5.41, 5.74) is 0.844. The molecule has 4 heteroatoms. The predicted octanol–water partition coefficient (Wildman–Crippen LogP) is -0.425. The Morgan fingerprint density at radius 1 is 1.82 bits per heavy atom. The number of carboxylic acids is 1. The van der Waals surface area contributed by atoms with E-state index in [0.717, 1.165) is 0 Å². The first-order valence-electron chi connectivity index (χ1n) is 3.41. The molecule has 0 aliphatic rings. The fourth-order valence-electron chi connectivity index (χ4n) is 0.951. The number of aryl methyl sites for hydroxylation is 2. The second kappa shape index (κ2) is 2.74. The third-order valence-electron chi connectivity index (χ3n) is 1.41. The molecule has 0 saturated carbocycles. The SMILES string of the molecule is CCn1nc(C)cc1C(=O)[O-]. The summed E-state index contributed by atoms with van der Waals surface area (Å²) >= 11 is 0. The van der Waals surface area contributed by atoms with Gasteiger partial charge in [-0.25, -0.2) is 0 Å². The molecule has 11 heavy (non-hydrogen) atoms. The highest BCUT2D eigenvalue weighted by atomic mass is 16.4. The Labute approximate surface area is 64.5 Å². The third-order valence-corrected chi connectivity index (χ3v) is 1.41. The third kappa shape index (κ3) is 1.39. The van der Waals surface area contributed by atoms with Crippen LogP contribution in [0, 0.1) is 6.92 Å². The van der Waals surface area contributed by atoms with Crippen LogP contribution in [0.2, 0.25) is 0 Å². The molecule has 1 aromatic heterocycles. The van der Waals surface area contributed by atoms with Crippen LogP contribution in [0.4, 0.5) is 0 Å². The minimum atomic E-state index is -1.17. The molecule has 0 saturated heterocycles. The van der Waals surface area contributed by atoms with Gasteiger partial charge in [-0.05, 0) is 19.9 Å². The number of carbonyl (C=O) groups is 1. The van der Waals surface area contributed by atoms with Gasteiger partial charge < -0.3 is 9.90 Å². The zero-order chi connectivity index (χ0) is 8.43. The highest BCUT2D eigenvalue weighted by Gasteiger charge is 2.02. The van der Waals surface area contributed by atoms with E-state index in [9.17, 15) is 9.90 Å². The molecule has 0 bridgehead atoms. The van der Waals surface area contributed by atoms with Gasteiger partial charge in [-0.2, -0.15) is 5.10 Å². The van der Waals surface area contributed by atoms with Crippen LogP contribution in [0.5, 0.6) is 0 Å². The summed E-state index contributed by atoms with van der Waals surface area (Å²) in [7, 11) is 0. The standard InChI is InChI=1S/C7H10N2O2/c1-3-9-6(7(10)11)4-5(2)8-9/h4H,3H2,1-2H3,(H,10,11)/p-1. The van der Waals surface area contributed by atoms with E-state index < -0.39 is 5.97 Å². The lowest BCUT2D eigenvalue weighted by Gasteiger charge is -2.03. The van der Waals surface area contributed by atoms with Crippen LogP contribution in [0.15, 0.2) is 6.07 Å². The van der Waals surface area contributed by atoms with E-state index >= 15 is 0 Å². The second-order valence-electron chi connectivity index (χ2n) is 2.27. The van der Waals surface area contributed by atoms with Crippen LogP contribution in [0.25, 0.3) is 0 Å². The fourth-order valence-corrected chi connectivity index (χ4v) is 0.951. The van der Waals surface area contributed by atoms with E-state index in [4.69, 9.17) is 0 Å². The van der Waals surface area contributed by atoms with E-state index in [-0.39, 0.29) is 5.69 Å². The Bertz CT molecular complexity index is 278. The molecule has 0 radical (unpaired) electrons. The first-order chi connectivity index (χ1) is 5.15. The van der Waals surface area contributed by atoms with Crippen molar-refractivity contribution in [2.75, 3.05) is 0 Å². The van der Waals surface area contributed by atoms with Crippen molar-refractivity contribution < 1.29 is 9.90 Å². The van der Waals surface area contributed by atoms with Crippen LogP contribution in [-0.4, -0.2) is 15.7 Å². The smallest absolute Gasteiger partial charge is 0.0896 e. The summed E-state index contributed by atoms with van der Waals surface area (Å²) in [6, 6.07) is 1.50. The van der Waals surface area contributed by atoms with Gasteiger partial charge in [0.2, 0.25) is 0 Å².